The van der Waals surface area contributed by atoms with Crippen LogP contribution in [0, 0.1) is 11.8 Å². The van der Waals surface area contributed by atoms with Crippen LogP contribution in [0.4, 0.5) is 11.5 Å². The van der Waals surface area contributed by atoms with Crippen LogP contribution in [0.15, 0.2) is 75.3 Å². The van der Waals surface area contributed by atoms with E-state index < -0.39 is 113 Å². The van der Waals surface area contributed by atoms with Gasteiger partial charge in [-0.15, -0.1) is 0 Å². The molecule has 5 atom stereocenters. The van der Waals surface area contributed by atoms with Crippen molar-refractivity contribution in [3.05, 3.63) is 77.5 Å². The van der Waals surface area contributed by atoms with E-state index >= 15 is 0 Å². The number of aliphatic hydroxyl groups excluding tert-OH is 1. The van der Waals surface area contributed by atoms with E-state index in [0.29, 0.717) is 0 Å². The molecule has 4 aromatic rings. The van der Waals surface area contributed by atoms with Gasteiger partial charge < -0.3 is 64.6 Å². The first-order valence-electron chi connectivity index (χ1n) is 20.6. The van der Waals surface area contributed by atoms with Gasteiger partial charge in [-0.05, 0) is 36.2 Å². The normalized spacial score (nSPS) is 18.0. The summed E-state index contributed by atoms with van der Waals surface area (Å²) in [5, 5.41) is 18.9. The second-order valence-corrected chi connectivity index (χ2v) is 22.9. The average molecular weight is 1110 g/mol. The van der Waals surface area contributed by atoms with Crippen LogP contribution in [-0.2, 0) is 56.6 Å². The molecule has 2 aromatic carbocycles. The number of nitrogens with zero attached hydrogens (tertiary/aromatic N) is 4. The molecule has 73 heavy (non-hydrogen) atoms. The summed E-state index contributed by atoms with van der Waals surface area (Å²) >= 11 is 0. The summed E-state index contributed by atoms with van der Waals surface area (Å²) in [7, 11) is -26.0. The molecule has 2 aromatic heterocycles. The molecule has 0 bridgehead atoms. The minimum absolute atomic E-state index is 0.00684. The lowest BCUT2D eigenvalue weighted by atomic mass is 9.90. The maximum atomic E-state index is 14.1. The molecule has 0 saturated carbocycles. The zero-order valence-corrected chi connectivity index (χ0v) is 41.6. The van der Waals surface area contributed by atoms with E-state index in [-0.39, 0.29) is 82.4 Å². The minimum Gasteiger partial charge on any atom is -0.744 e. The minimum atomic E-state index is -5.80. The number of amides is 2. The highest BCUT2D eigenvalue weighted by Gasteiger charge is 2.43. The number of carbonyl (C=O) groups excluding carboxylic acids is 2. The topological polar surface area (TPSA) is 472 Å². The molecule has 3 aliphatic rings. The molecule has 0 radical (unpaired) electrons. The lowest BCUT2D eigenvalue weighted by Crippen LogP contribution is -2.47. The van der Waals surface area contributed by atoms with Crippen LogP contribution in [0.3, 0.4) is 0 Å². The number of aliphatic hydroxyl groups is 1. The Hall–Kier alpha value is -6.00. The van der Waals surface area contributed by atoms with E-state index in [0.717, 1.165) is 18.5 Å². The largest absolute Gasteiger partial charge is 0.744 e. The third kappa shape index (κ3) is 12.3. The number of nitrogens with two attached hydrogens (primary N) is 3. The van der Waals surface area contributed by atoms with Gasteiger partial charge in [0.05, 0.1) is 35.9 Å². The van der Waals surface area contributed by atoms with Crippen molar-refractivity contribution in [2.45, 2.75) is 47.5 Å². The molecule has 2 aliphatic heterocycles. The van der Waals surface area contributed by atoms with Crippen LogP contribution in [0.5, 0.6) is 0 Å². The van der Waals surface area contributed by atoms with Crippen molar-refractivity contribution in [2.75, 3.05) is 38.2 Å². The average Bonchev–Trinajstić information content (AvgIpc) is 3.83. The monoisotopic (exact) mass is 1110 g/mol. The molecule has 0 spiro atoms. The van der Waals surface area contributed by atoms with Gasteiger partial charge in [0.2, 0.25) is 16.2 Å². The first kappa shape index (κ1) is 54.8. The van der Waals surface area contributed by atoms with Crippen molar-refractivity contribution in [2.24, 2.45) is 0 Å². The fraction of sp³-hybridized carbons (Fsp3) is 0.256. The molecule has 1 fully saturated rings. The Labute approximate surface area is 411 Å². The number of hydrogen-bond acceptors (Lipinski definition) is 20. The van der Waals surface area contributed by atoms with E-state index in [1.807, 2.05) is 0 Å². The molecule has 29 nitrogen and oxygen atoms in total. The summed E-state index contributed by atoms with van der Waals surface area (Å²) in [5.74, 6) is 3.95. The number of carbonyl (C=O) groups is 2. The summed E-state index contributed by atoms with van der Waals surface area (Å²) in [6.07, 6.45) is -1.32. The molecule has 1 aliphatic carbocycles. The van der Waals surface area contributed by atoms with Gasteiger partial charge in [0.15, 0.2) is 11.3 Å². The number of benzene rings is 3. The lowest BCUT2D eigenvalue weighted by molar-refractivity contribution is -0.176. The van der Waals surface area contributed by atoms with E-state index in [4.69, 9.17) is 35.8 Å². The second-order valence-electron chi connectivity index (χ2n) is 15.8. The number of nitrogens with one attached hydrogen (secondary N) is 1. The second kappa shape index (κ2) is 20.7. The smallest absolute Gasteiger partial charge is 0.490 e. The zero-order valence-electron chi connectivity index (χ0n) is 37.2. The fourth-order valence-electron chi connectivity index (χ4n) is 7.79. The zero-order chi connectivity index (χ0) is 53.6. The van der Waals surface area contributed by atoms with Crippen LogP contribution in [0.25, 0.3) is 44.5 Å². The van der Waals surface area contributed by atoms with E-state index in [1.54, 1.807) is 0 Å². The van der Waals surface area contributed by atoms with E-state index in [9.17, 15) is 64.1 Å². The third-order valence-corrected chi connectivity index (χ3v) is 16.4. The number of hydrogen-bond donors (Lipinski definition) is 10. The van der Waals surface area contributed by atoms with Crippen molar-refractivity contribution >= 4 is 89.0 Å². The van der Waals surface area contributed by atoms with Gasteiger partial charge in [0.1, 0.15) is 45.1 Å². The fourth-order valence-corrected chi connectivity index (χ4v) is 12.3. The number of rotatable bonds is 17. The standard InChI is InChI=1S/C39H41N8O21P3S2/c1-46(39(50)22-8-3-2-7-21(22)32-23-10-12-25(40)35(72(58,59)60)33(23)66-34-24(32)11-13-26(41)36(34)73(61,62)63)15-5-9-29(49)43-14-4-6-20-17-47(38-31(20)37(42)44-19-45-38)30-16-27(48)28(65-30)18-64-70(54,55)68-71(56,57)67-69(51,52)53/h2-3,7-8,10-13,17,19,27-28,30,40,48H,5,9,14-16,18,41H2,1H3,(H,43,49)(H,54,55)(H,56,57)(H2,42,44,45)(H2,51,52,53)(H,58,59,60)(H,61,62,63)/t27-,28+,30+/m0/s1. The van der Waals surface area contributed by atoms with Crippen molar-refractivity contribution in [3.8, 4) is 34.3 Å². The molecular formula is C39H41N8O21P3S2. The summed E-state index contributed by atoms with van der Waals surface area (Å²) < 4.78 is 133. The Morgan fingerprint density at radius 3 is 2.40 bits per heavy atom. The molecule has 4 heterocycles. The number of aromatic nitrogens is 3. The van der Waals surface area contributed by atoms with Crippen molar-refractivity contribution in [1.82, 2.24) is 24.8 Å². The van der Waals surface area contributed by atoms with Gasteiger partial charge in [-0.2, -0.15) is 17.0 Å². The van der Waals surface area contributed by atoms with Gasteiger partial charge in [-0.3, -0.25) is 24.1 Å². The van der Waals surface area contributed by atoms with Crippen LogP contribution in [-0.4, -0.2) is 121 Å². The summed E-state index contributed by atoms with van der Waals surface area (Å²) in [4.78, 5) is 71.3. The number of anilines is 2. The quantitative estimate of drug-likeness (QED) is 0.0188. The first-order chi connectivity index (χ1) is 34.0. The number of fused-ring (bicyclic) bond motifs is 3. The summed E-state index contributed by atoms with van der Waals surface area (Å²) in [5.41, 5.74) is 11.4. The number of phosphoric acid groups is 3. The van der Waals surface area contributed by atoms with Crippen LogP contribution >= 0.6 is 23.5 Å². The SMILES string of the molecule is CN(CCCC(=O)NCC#Cc1cn([C@H]2C[C@H](O)[C@@H](COP(=O)(O)OP(=O)(O)OP(=O)(O)O)O2)c2ncnc(N)c12)C(=O)c1ccccc1-c1c2ccc(=[NH2+])c(S(=O)(=O)O)c-2oc2c(S(=O)(=O)[O-])c(N)ccc12. The van der Waals surface area contributed by atoms with Crippen molar-refractivity contribution < 1.29 is 102 Å². The van der Waals surface area contributed by atoms with Gasteiger partial charge in [0.25, 0.3) is 5.91 Å². The maximum absolute atomic E-state index is 14.1. The highest BCUT2D eigenvalue weighted by Crippen LogP contribution is 2.66. The van der Waals surface area contributed by atoms with E-state index in [1.165, 1.54) is 59.1 Å². The van der Waals surface area contributed by atoms with Crippen molar-refractivity contribution in [3.63, 3.8) is 0 Å². The van der Waals surface area contributed by atoms with Gasteiger partial charge in [-0.25, -0.2) is 32.1 Å². The molecule has 1 saturated heterocycles. The van der Waals surface area contributed by atoms with Crippen LogP contribution < -0.4 is 27.6 Å². The van der Waals surface area contributed by atoms with Crippen LogP contribution in [0.1, 0.15) is 41.4 Å². The Morgan fingerprint density at radius 1 is 1.00 bits per heavy atom. The molecule has 2 amide bonds. The highest BCUT2D eigenvalue weighted by atomic mass is 32.2. The molecule has 390 valence electrons. The Bertz CT molecular complexity index is 3690. The lowest BCUT2D eigenvalue weighted by Gasteiger charge is -2.23. The predicted octanol–water partition coefficient (Wildman–Crippen LogP) is -0.0639. The third-order valence-electron chi connectivity index (χ3n) is 10.8. The summed E-state index contributed by atoms with van der Waals surface area (Å²) in [6.45, 7) is -1.09. The van der Waals surface area contributed by atoms with Crippen LogP contribution in [0.2, 0.25) is 0 Å². The first-order valence-corrected chi connectivity index (χ1v) is 28.0. The van der Waals surface area contributed by atoms with Gasteiger partial charge in [0, 0.05) is 60.8 Å². The number of ether oxygens (including phenoxy) is 1. The molecule has 2 unspecified atom stereocenters. The Kier molecular flexibility index (Phi) is 15.5. The predicted molar refractivity (Wildman–Crippen MR) is 248 cm³/mol. The molecular weight excluding hydrogens is 1070 g/mol. The van der Waals surface area contributed by atoms with Gasteiger partial charge >= 0.3 is 33.6 Å². The summed E-state index contributed by atoms with van der Waals surface area (Å²) in [6, 6.07) is 10.9. The maximum Gasteiger partial charge on any atom is 0.490 e. The highest BCUT2D eigenvalue weighted by molar-refractivity contribution is 7.86. The molecule has 34 heteroatoms. The molecule has 13 N–H and O–H groups in total. The van der Waals surface area contributed by atoms with Gasteiger partial charge in [-0.1, -0.05) is 30.0 Å². The van der Waals surface area contributed by atoms with E-state index in [2.05, 4.69) is 40.3 Å². The Morgan fingerprint density at radius 2 is 1.71 bits per heavy atom. The van der Waals surface area contributed by atoms with Crippen molar-refractivity contribution in [1.29, 1.82) is 0 Å². The number of phosphoric ester groups is 1. The molecule has 7 rings (SSSR count). The Balaban J connectivity index is 1.02. The number of nitrogen functional groups attached to an aromatic ring is 2.